The first kappa shape index (κ1) is 23.0. The summed E-state index contributed by atoms with van der Waals surface area (Å²) in [5.41, 5.74) is 7.12. The van der Waals surface area contributed by atoms with Crippen molar-refractivity contribution in [2.45, 2.75) is 27.3 Å². The Morgan fingerprint density at radius 1 is 0.970 bits per heavy atom. The number of carbonyl (C=O) groups is 1. The molecular formula is C28H28ClN3O. The van der Waals surface area contributed by atoms with Crippen LogP contribution in [0.15, 0.2) is 72.9 Å². The smallest absolute Gasteiger partial charge is 0.159 e. The van der Waals surface area contributed by atoms with Gasteiger partial charge in [-0.3, -0.25) is 14.7 Å². The van der Waals surface area contributed by atoms with Crippen LogP contribution in [0.2, 0.25) is 5.02 Å². The van der Waals surface area contributed by atoms with Crippen LogP contribution in [0.5, 0.6) is 0 Å². The minimum Gasteiger partial charge on any atom is -0.355 e. The second kappa shape index (κ2) is 10.2. The van der Waals surface area contributed by atoms with Crippen LogP contribution in [-0.2, 0) is 6.54 Å². The molecule has 3 aromatic carbocycles. The fourth-order valence-corrected chi connectivity index (χ4v) is 4.21. The Morgan fingerprint density at radius 3 is 2.42 bits per heavy atom. The summed E-state index contributed by atoms with van der Waals surface area (Å²) in [6, 6.07) is 22.1. The topological polar surface area (TPSA) is 45.2 Å². The molecule has 0 aliphatic carbocycles. The van der Waals surface area contributed by atoms with Crippen molar-refractivity contribution in [3.05, 3.63) is 89.1 Å². The molecule has 168 valence electrons. The lowest BCUT2D eigenvalue weighted by Gasteiger charge is -2.21. The van der Waals surface area contributed by atoms with Gasteiger partial charge in [-0.2, -0.15) is 0 Å². The zero-order valence-corrected chi connectivity index (χ0v) is 20.0. The molecule has 0 saturated carbocycles. The summed E-state index contributed by atoms with van der Waals surface area (Å²) in [7, 11) is 0. The van der Waals surface area contributed by atoms with Crippen molar-refractivity contribution in [3.63, 3.8) is 0 Å². The van der Waals surface area contributed by atoms with Crippen LogP contribution in [0.4, 0.5) is 11.4 Å². The second-order valence-corrected chi connectivity index (χ2v) is 8.55. The lowest BCUT2D eigenvalue weighted by atomic mass is 9.97. The Bertz CT molecular complexity index is 1280. The van der Waals surface area contributed by atoms with Crippen molar-refractivity contribution < 1.29 is 4.79 Å². The van der Waals surface area contributed by atoms with Crippen molar-refractivity contribution in [2.75, 3.05) is 18.4 Å². The van der Waals surface area contributed by atoms with Crippen LogP contribution in [0.25, 0.3) is 22.0 Å². The summed E-state index contributed by atoms with van der Waals surface area (Å²) in [6.07, 6.45) is 1.79. The number of halogens is 1. The van der Waals surface area contributed by atoms with Gasteiger partial charge in [-0.1, -0.05) is 55.8 Å². The van der Waals surface area contributed by atoms with E-state index in [1.54, 1.807) is 13.1 Å². The van der Waals surface area contributed by atoms with Gasteiger partial charge < -0.3 is 5.32 Å². The summed E-state index contributed by atoms with van der Waals surface area (Å²) >= 11 is 6.15. The van der Waals surface area contributed by atoms with Gasteiger partial charge in [0.25, 0.3) is 0 Å². The first-order valence-electron chi connectivity index (χ1n) is 11.3. The maximum absolute atomic E-state index is 11.7. The lowest BCUT2D eigenvalue weighted by Crippen LogP contribution is -2.22. The van der Waals surface area contributed by atoms with E-state index in [1.807, 2.05) is 48.5 Å². The van der Waals surface area contributed by atoms with Crippen molar-refractivity contribution in [1.82, 2.24) is 9.88 Å². The van der Waals surface area contributed by atoms with Crippen molar-refractivity contribution in [2.24, 2.45) is 0 Å². The number of ketones is 1. The molecule has 0 spiro atoms. The molecule has 0 saturated heterocycles. The first-order valence-corrected chi connectivity index (χ1v) is 11.6. The molecule has 4 aromatic rings. The zero-order valence-electron chi connectivity index (χ0n) is 19.2. The molecule has 33 heavy (non-hydrogen) atoms. The minimum absolute atomic E-state index is 0.0790. The number of anilines is 2. The fraction of sp³-hybridized carbons (Fsp3) is 0.214. The summed E-state index contributed by atoms with van der Waals surface area (Å²) in [6.45, 7) is 8.76. The number of nitrogens with one attached hydrogen (secondary N) is 1. The van der Waals surface area contributed by atoms with E-state index in [-0.39, 0.29) is 5.78 Å². The normalized spacial score (nSPS) is 11.2. The molecule has 1 aromatic heterocycles. The summed E-state index contributed by atoms with van der Waals surface area (Å²) in [5.74, 6) is 0.0790. The monoisotopic (exact) mass is 457 g/mol. The Kier molecular flexibility index (Phi) is 7.07. The van der Waals surface area contributed by atoms with E-state index in [9.17, 15) is 4.79 Å². The van der Waals surface area contributed by atoms with Gasteiger partial charge in [0, 0.05) is 40.1 Å². The van der Waals surface area contributed by atoms with Gasteiger partial charge in [-0.25, -0.2) is 0 Å². The Morgan fingerprint density at radius 2 is 1.73 bits per heavy atom. The number of aromatic nitrogens is 1. The highest BCUT2D eigenvalue weighted by Gasteiger charge is 2.12. The number of nitrogens with zero attached hydrogens (tertiary/aromatic N) is 2. The average Bonchev–Trinajstić information content (AvgIpc) is 2.82. The number of Topliss-reactive ketones (excluding diaryl/α,β-unsaturated/α-hetero) is 1. The van der Waals surface area contributed by atoms with Crippen LogP contribution >= 0.6 is 11.6 Å². The van der Waals surface area contributed by atoms with E-state index in [2.05, 4.69) is 47.2 Å². The molecule has 0 atom stereocenters. The Hall–Kier alpha value is -3.21. The van der Waals surface area contributed by atoms with E-state index in [0.29, 0.717) is 5.02 Å². The zero-order chi connectivity index (χ0) is 23.4. The van der Waals surface area contributed by atoms with Gasteiger partial charge in [-0.15, -0.1) is 0 Å². The van der Waals surface area contributed by atoms with E-state index < -0.39 is 0 Å². The first-order chi connectivity index (χ1) is 16.0. The molecule has 4 nitrogen and oxygen atoms in total. The van der Waals surface area contributed by atoms with E-state index in [0.717, 1.165) is 53.0 Å². The molecule has 0 fully saturated rings. The molecule has 0 bridgehead atoms. The molecule has 1 heterocycles. The molecule has 0 radical (unpaired) electrons. The molecular weight excluding hydrogens is 430 g/mol. The number of fused-ring (bicyclic) bond motifs is 1. The highest BCUT2D eigenvalue weighted by atomic mass is 35.5. The standard InChI is InChI=1S/C28H28ClN3O/c1-4-32(5-2)18-22-16-24(11-13-25(22)21-8-6-20(7-9-21)19(3)33)31-27-14-15-30-28-17-23(29)10-12-26(27)28/h6-17H,4-5,18H2,1-3H3,(H,30,31). The predicted molar refractivity (Wildman–Crippen MR) is 139 cm³/mol. The molecule has 0 amide bonds. The third-order valence-corrected chi connectivity index (χ3v) is 6.21. The van der Waals surface area contributed by atoms with Crippen LogP contribution in [0.1, 0.15) is 36.7 Å². The number of benzene rings is 3. The van der Waals surface area contributed by atoms with Crippen molar-refractivity contribution in [1.29, 1.82) is 0 Å². The number of carbonyl (C=O) groups excluding carboxylic acids is 1. The number of hydrogen-bond donors (Lipinski definition) is 1. The predicted octanol–water partition coefficient (Wildman–Crippen LogP) is 7.34. The van der Waals surface area contributed by atoms with Crippen molar-refractivity contribution >= 4 is 39.7 Å². The van der Waals surface area contributed by atoms with Gasteiger partial charge in [-0.05, 0) is 73.1 Å². The largest absolute Gasteiger partial charge is 0.355 e. The van der Waals surface area contributed by atoms with Crippen LogP contribution in [0, 0.1) is 0 Å². The molecule has 1 N–H and O–H groups in total. The molecule has 5 heteroatoms. The average molecular weight is 458 g/mol. The van der Waals surface area contributed by atoms with E-state index in [1.165, 1.54) is 11.1 Å². The highest BCUT2D eigenvalue weighted by molar-refractivity contribution is 6.31. The van der Waals surface area contributed by atoms with Gasteiger partial charge in [0.2, 0.25) is 0 Å². The summed E-state index contributed by atoms with van der Waals surface area (Å²) in [4.78, 5) is 18.5. The third kappa shape index (κ3) is 5.24. The van der Waals surface area contributed by atoms with E-state index >= 15 is 0 Å². The quantitative estimate of drug-likeness (QED) is 0.281. The molecule has 0 unspecified atom stereocenters. The lowest BCUT2D eigenvalue weighted by molar-refractivity contribution is 0.101. The number of pyridine rings is 1. The number of rotatable bonds is 8. The van der Waals surface area contributed by atoms with Crippen LogP contribution in [0.3, 0.4) is 0 Å². The molecule has 4 rings (SSSR count). The van der Waals surface area contributed by atoms with Gasteiger partial charge in [0.1, 0.15) is 0 Å². The highest BCUT2D eigenvalue weighted by Crippen LogP contribution is 2.31. The van der Waals surface area contributed by atoms with Crippen LogP contribution in [-0.4, -0.2) is 28.8 Å². The minimum atomic E-state index is 0.0790. The second-order valence-electron chi connectivity index (χ2n) is 8.11. The summed E-state index contributed by atoms with van der Waals surface area (Å²) < 4.78 is 0. The van der Waals surface area contributed by atoms with Crippen molar-refractivity contribution in [3.8, 4) is 11.1 Å². The summed E-state index contributed by atoms with van der Waals surface area (Å²) in [5, 5.41) is 5.27. The Labute approximate surface area is 200 Å². The Balaban J connectivity index is 1.72. The maximum atomic E-state index is 11.7. The fourth-order valence-electron chi connectivity index (χ4n) is 4.04. The van der Waals surface area contributed by atoms with Gasteiger partial charge >= 0.3 is 0 Å². The number of hydrogen-bond acceptors (Lipinski definition) is 4. The van der Waals surface area contributed by atoms with Gasteiger partial charge in [0.15, 0.2) is 5.78 Å². The maximum Gasteiger partial charge on any atom is 0.159 e. The third-order valence-electron chi connectivity index (χ3n) is 5.98. The van der Waals surface area contributed by atoms with Crippen LogP contribution < -0.4 is 5.32 Å². The SMILES string of the molecule is CCN(CC)Cc1cc(Nc2ccnc3cc(Cl)ccc23)ccc1-c1ccc(C(C)=O)cc1. The van der Waals surface area contributed by atoms with Gasteiger partial charge in [0.05, 0.1) is 5.52 Å². The van der Waals surface area contributed by atoms with E-state index in [4.69, 9.17) is 11.6 Å². The molecule has 0 aliphatic heterocycles. The molecule has 0 aliphatic rings.